The van der Waals surface area contributed by atoms with Crippen LogP contribution in [0, 0.1) is 23.7 Å². The Morgan fingerprint density at radius 2 is 1.68 bits per heavy atom. The Kier molecular flexibility index (Phi) is 7.08. The summed E-state index contributed by atoms with van der Waals surface area (Å²) in [6.07, 6.45) is 1.94. The summed E-state index contributed by atoms with van der Waals surface area (Å²) in [5, 5.41) is 20.2. The molecule has 3 aromatic carbocycles. The Morgan fingerprint density at radius 3 is 2.32 bits per heavy atom. The molecule has 0 unspecified atom stereocenters. The first-order chi connectivity index (χ1) is 17.6. The largest absolute Gasteiger partial charge is 0.478 e. The first-order valence-electron chi connectivity index (χ1n) is 12.1. The van der Waals surface area contributed by atoms with Crippen LogP contribution in [0.25, 0.3) is 21.9 Å². The van der Waals surface area contributed by atoms with Crippen molar-refractivity contribution in [1.29, 1.82) is 5.26 Å². The number of aromatic carboxylic acids is 1. The van der Waals surface area contributed by atoms with Gasteiger partial charge in [0, 0.05) is 18.0 Å². The van der Waals surface area contributed by atoms with E-state index in [1.165, 1.54) is 6.07 Å². The number of carbonyl (C=O) groups is 2. The molecular formula is C31H29N3O3. The highest BCUT2D eigenvalue weighted by Gasteiger charge is 2.25. The molecule has 0 aliphatic rings. The number of anilines is 1. The molecule has 0 radical (unpaired) electrons. The predicted molar refractivity (Wildman–Crippen MR) is 145 cm³/mol. The highest BCUT2D eigenvalue weighted by molar-refractivity contribution is 6.04. The molecule has 0 saturated carbocycles. The number of pyridine rings is 1. The second-order valence-corrected chi connectivity index (χ2v) is 10.4. The van der Waals surface area contributed by atoms with Crippen molar-refractivity contribution in [3.63, 3.8) is 0 Å². The highest BCUT2D eigenvalue weighted by Crippen LogP contribution is 2.30. The minimum Gasteiger partial charge on any atom is -0.478 e. The van der Waals surface area contributed by atoms with Crippen LogP contribution in [0.1, 0.15) is 54.2 Å². The molecule has 0 aliphatic carbocycles. The zero-order valence-electron chi connectivity index (χ0n) is 21.4. The van der Waals surface area contributed by atoms with E-state index in [-0.39, 0.29) is 16.9 Å². The number of amides is 1. The van der Waals surface area contributed by atoms with Crippen LogP contribution in [0.2, 0.25) is 0 Å². The minimum atomic E-state index is -1.00. The number of hydrogen-bond donors (Lipinski definition) is 1. The van der Waals surface area contributed by atoms with Crippen LogP contribution in [-0.2, 0) is 11.3 Å². The third-order valence-electron chi connectivity index (χ3n) is 6.21. The maximum absolute atomic E-state index is 13.5. The number of carbonyl (C=O) groups excluding carboxylic acids is 1. The lowest BCUT2D eigenvalue weighted by Gasteiger charge is -2.27. The molecule has 0 atom stereocenters. The van der Waals surface area contributed by atoms with Crippen LogP contribution in [0.4, 0.5) is 5.82 Å². The van der Waals surface area contributed by atoms with Crippen molar-refractivity contribution in [3.05, 3.63) is 95.2 Å². The summed E-state index contributed by atoms with van der Waals surface area (Å²) in [7, 11) is 0. The molecule has 37 heavy (non-hydrogen) atoms. The summed E-state index contributed by atoms with van der Waals surface area (Å²) in [5.74, 6) is -0.558. The maximum Gasteiger partial charge on any atom is 0.335 e. The van der Waals surface area contributed by atoms with Crippen molar-refractivity contribution in [2.24, 2.45) is 5.41 Å². The van der Waals surface area contributed by atoms with E-state index in [0.29, 0.717) is 29.7 Å². The van der Waals surface area contributed by atoms with Gasteiger partial charge >= 0.3 is 5.97 Å². The van der Waals surface area contributed by atoms with Crippen LogP contribution in [-0.4, -0.2) is 22.0 Å². The lowest BCUT2D eigenvalue weighted by atomic mass is 9.91. The molecular weight excluding hydrogens is 462 g/mol. The second-order valence-electron chi connectivity index (χ2n) is 10.4. The zero-order valence-corrected chi connectivity index (χ0v) is 21.4. The number of carboxylic acid groups (broad SMARTS) is 1. The summed E-state index contributed by atoms with van der Waals surface area (Å²) in [6, 6.07) is 22.6. The molecule has 0 saturated heterocycles. The molecule has 0 spiro atoms. The Hall–Kier alpha value is -4.50. The summed E-state index contributed by atoms with van der Waals surface area (Å²) in [4.78, 5) is 31.2. The zero-order chi connectivity index (χ0) is 26.7. The molecule has 1 N–H and O–H groups in total. The molecule has 0 aliphatic heterocycles. The van der Waals surface area contributed by atoms with Gasteiger partial charge in [-0.25, -0.2) is 9.78 Å². The molecule has 1 amide bonds. The van der Waals surface area contributed by atoms with E-state index >= 15 is 0 Å². The van der Waals surface area contributed by atoms with Crippen LogP contribution < -0.4 is 4.90 Å². The Balaban J connectivity index is 1.71. The van der Waals surface area contributed by atoms with Crippen molar-refractivity contribution in [2.75, 3.05) is 4.90 Å². The van der Waals surface area contributed by atoms with Gasteiger partial charge in [-0.15, -0.1) is 0 Å². The van der Waals surface area contributed by atoms with Gasteiger partial charge in [-0.05, 0) is 70.3 Å². The first kappa shape index (κ1) is 25.6. The van der Waals surface area contributed by atoms with Crippen molar-refractivity contribution in [3.8, 4) is 17.2 Å². The van der Waals surface area contributed by atoms with Gasteiger partial charge in [0.2, 0.25) is 5.91 Å². The predicted octanol–water partition coefficient (Wildman–Crippen LogP) is 6.75. The molecule has 4 aromatic rings. The number of hydrogen-bond acceptors (Lipinski definition) is 4. The maximum atomic E-state index is 13.5. The molecule has 6 heteroatoms. The van der Waals surface area contributed by atoms with Gasteiger partial charge in [0.25, 0.3) is 0 Å². The summed E-state index contributed by atoms with van der Waals surface area (Å²) >= 11 is 0. The van der Waals surface area contributed by atoms with Crippen LogP contribution in [0.5, 0.6) is 0 Å². The number of benzene rings is 3. The van der Waals surface area contributed by atoms with E-state index in [1.807, 2.05) is 70.2 Å². The van der Waals surface area contributed by atoms with Crippen molar-refractivity contribution in [1.82, 2.24) is 4.98 Å². The number of aromatic nitrogens is 1. The Morgan fingerprint density at radius 1 is 0.973 bits per heavy atom. The van der Waals surface area contributed by atoms with Gasteiger partial charge in [-0.2, -0.15) is 5.26 Å². The number of rotatable bonds is 6. The number of nitrogens with zero attached hydrogens (tertiary/aromatic N) is 3. The van der Waals surface area contributed by atoms with Gasteiger partial charge in [-0.3, -0.25) is 9.69 Å². The number of fused-ring (bicyclic) bond motifs is 1. The molecule has 6 nitrogen and oxygen atoms in total. The summed E-state index contributed by atoms with van der Waals surface area (Å²) in [5.41, 5.74) is 4.42. The molecule has 0 bridgehead atoms. The van der Waals surface area contributed by atoms with Gasteiger partial charge in [0.15, 0.2) is 0 Å². The monoisotopic (exact) mass is 491 g/mol. The second kappa shape index (κ2) is 10.2. The van der Waals surface area contributed by atoms with Crippen LogP contribution >= 0.6 is 0 Å². The Labute approximate surface area is 216 Å². The normalized spacial score (nSPS) is 11.2. The standard InChI is InChI=1S/C31H29N3O3/c1-20-5-8-23(15-26(20)18-32)22-9-6-21(7-10-22)19-34(28(35)17-31(2,3)4)29-27-12-11-25(30(36)37)16-24(27)13-14-33-29/h5-16H,17,19H2,1-4H3,(H,36,37). The van der Waals surface area contributed by atoms with E-state index in [1.54, 1.807) is 29.3 Å². The number of nitriles is 1. The lowest BCUT2D eigenvalue weighted by Crippen LogP contribution is -2.34. The van der Waals surface area contributed by atoms with E-state index in [4.69, 9.17) is 0 Å². The minimum absolute atomic E-state index is 0.0592. The molecule has 186 valence electrons. The van der Waals surface area contributed by atoms with Gasteiger partial charge < -0.3 is 5.11 Å². The molecule has 0 fully saturated rings. The average Bonchev–Trinajstić information content (AvgIpc) is 2.86. The van der Waals surface area contributed by atoms with E-state index < -0.39 is 5.97 Å². The first-order valence-corrected chi connectivity index (χ1v) is 12.1. The summed E-state index contributed by atoms with van der Waals surface area (Å²) < 4.78 is 0. The summed E-state index contributed by atoms with van der Waals surface area (Å²) in [6.45, 7) is 8.29. The average molecular weight is 492 g/mol. The number of aryl methyl sites for hydroxylation is 1. The van der Waals surface area contributed by atoms with Crippen molar-refractivity contribution in [2.45, 2.75) is 40.7 Å². The van der Waals surface area contributed by atoms with Crippen LogP contribution in [0.3, 0.4) is 0 Å². The molecule has 1 heterocycles. The highest BCUT2D eigenvalue weighted by atomic mass is 16.4. The SMILES string of the molecule is Cc1ccc(-c2ccc(CN(C(=O)CC(C)(C)C)c3nccc4cc(C(=O)O)ccc34)cc2)cc1C#N. The van der Waals surface area contributed by atoms with Crippen LogP contribution in [0.15, 0.2) is 72.9 Å². The number of carboxylic acids is 1. The van der Waals surface area contributed by atoms with Crippen molar-refractivity contribution < 1.29 is 14.7 Å². The Bertz CT molecular complexity index is 1530. The van der Waals surface area contributed by atoms with E-state index in [9.17, 15) is 20.0 Å². The molecule has 1 aromatic heterocycles. The molecule has 4 rings (SSSR count). The topological polar surface area (TPSA) is 94.3 Å². The van der Waals surface area contributed by atoms with E-state index in [0.717, 1.165) is 27.6 Å². The quantitative estimate of drug-likeness (QED) is 0.322. The van der Waals surface area contributed by atoms with Gasteiger partial charge in [-0.1, -0.05) is 57.2 Å². The fraction of sp³-hybridized carbons (Fsp3) is 0.226. The van der Waals surface area contributed by atoms with Gasteiger partial charge in [0.1, 0.15) is 5.82 Å². The van der Waals surface area contributed by atoms with E-state index in [2.05, 4.69) is 11.1 Å². The fourth-order valence-electron chi connectivity index (χ4n) is 4.25. The fourth-order valence-corrected chi connectivity index (χ4v) is 4.25. The van der Waals surface area contributed by atoms with Gasteiger partial charge in [0.05, 0.1) is 23.7 Å². The lowest BCUT2D eigenvalue weighted by molar-refractivity contribution is -0.120. The van der Waals surface area contributed by atoms with Crippen molar-refractivity contribution >= 4 is 28.5 Å². The third-order valence-corrected chi connectivity index (χ3v) is 6.21. The third kappa shape index (κ3) is 5.84. The smallest absolute Gasteiger partial charge is 0.335 e.